The van der Waals surface area contributed by atoms with E-state index in [9.17, 15) is 5.11 Å². The lowest BCUT2D eigenvalue weighted by molar-refractivity contribution is -0.114. The Balaban J connectivity index is 2.67. The minimum absolute atomic E-state index is 0.110. The molecule has 0 unspecified atom stereocenters. The molecule has 1 N–H and O–H groups in total. The molecule has 5 heteroatoms. The van der Waals surface area contributed by atoms with Crippen LogP contribution in [-0.2, 0) is 20.5 Å². The van der Waals surface area contributed by atoms with Gasteiger partial charge in [0, 0.05) is 0 Å². The second kappa shape index (κ2) is 9.87. The second-order valence-corrected chi connectivity index (χ2v) is 14.3. The van der Waals surface area contributed by atoms with Crippen LogP contribution in [0.5, 0.6) is 0 Å². The molecule has 4 nitrogen and oxygen atoms in total. The fourth-order valence-electron chi connectivity index (χ4n) is 2.14. The van der Waals surface area contributed by atoms with Crippen molar-refractivity contribution in [1.82, 2.24) is 0 Å². The summed E-state index contributed by atoms with van der Waals surface area (Å²) in [5.41, 5.74) is 0.710. The Morgan fingerprint density at radius 2 is 1.63 bits per heavy atom. The third-order valence-electron chi connectivity index (χ3n) is 4.77. The van der Waals surface area contributed by atoms with Gasteiger partial charge < -0.3 is 19.0 Å². The number of aliphatic hydroxyl groups excluding tert-OH is 1. The predicted molar refractivity (Wildman–Crippen MR) is 114 cm³/mol. The largest absolute Gasteiger partial charge is 0.497 e. The molecule has 2 atom stereocenters. The summed E-state index contributed by atoms with van der Waals surface area (Å²) in [6, 6.07) is 9.93. The summed E-state index contributed by atoms with van der Waals surface area (Å²) in [4.78, 5) is 0. The fourth-order valence-corrected chi connectivity index (χ4v) is 3.16. The summed E-state index contributed by atoms with van der Waals surface area (Å²) in [6.07, 6.45) is 1.93. The molecule has 0 aromatic heterocycles. The van der Waals surface area contributed by atoms with E-state index in [4.69, 9.17) is 13.9 Å². The molecular weight excluding hydrogens is 356 g/mol. The lowest BCUT2D eigenvalue weighted by atomic mass is 10.1. The highest BCUT2D eigenvalue weighted by Crippen LogP contribution is 2.36. The molecule has 154 valence electrons. The highest BCUT2D eigenvalue weighted by Gasteiger charge is 2.38. The predicted octanol–water partition coefficient (Wildman–Crippen LogP) is 5.28. The topological polar surface area (TPSA) is 47.9 Å². The zero-order valence-corrected chi connectivity index (χ0v) is 19.3. The zero-order valence-electron chi connectivity index (χ0n) is 18.3. The molecule has 0 fully saturated rings. The first-order valence-corrected chi connectivity index (χ1v) is 12.5. The molecule has 0 heterocycles. The maximum Gasteiger partial charge on any atom is 0.192 e. The number of hydrogen-bond donors (Lipinski definition) is 1. The first-order chi connectivity index (χ1) is 12.3. The van der Waals surface area contributed by atoms with Crippen LogP contribution in [0.2, 0.25) is 18.1 Å². The van der Waals surface area contributed by atoms with Gasteiger partial charge in [-0.15, -0.1) is 0 Å². The molecule has 0 bridgehead atoms. The lowest BCUT2D eigenvalue weighted by Gasteiger charge is -2.38. The molecule has 0 radical (unpaired) electrons. The molecule has 0 aliphatic carbocycles. The van der Waals surface area contributed by atoms with E-state index in [2.05, 4.69) is 33.9 Å². The van der Waals surface area contributed by atoms with Crippen molar-refractivity contribution < 1.29 is 19.0 Å². The maximum atomic E-state index is 10.6. The van der Waals surface area contributed by atoms with Gasteiger partial charge in [-0.25, -0.2) is 0 Å². The molecule has 0 aliphatic heterocycles. The molecule has 0 aliphatic rings. The van der Waals surface area contributed by atoms with Crippen molar-refractivity contribution in [2.24, 2.45) is 0 Å². The smallest absolute Gasteiger partial charge is 0.192 e. The summed E-state index contributed by atoms with van der Waals surface area (Å²) in [6.45, 7) is 17.8. The highest BCUT2D eigenvalue weighted by atomic mass is 28.4. The van der Waals surface area contributed by atoms with E-state index < -0.39 is 20.5 Å². The molecule has 27 heavy (non-hydrogen) atoms. The Labute approximate surface area is 166 Å². The van der Waals surface area contributed by atoms with Crippen molar-refractivity contribution >= 4 is 8.32 Å². The van der Waals surface area contributed by atoms with Crippen molar-refractivity contribution in [2.45, 2.75) is 84.1 Å². The minimum Gasteiger partial charge on any atom is -0.497 e. The Morgan fingerprint density at radius 3 is 2.15 bits per heavy atom. The van der Waals surface area contributed by atoms with Crippen LogP contribution >= 0.6 is 0 Å². The zero-order chi connectivity index (χ0) is 20.7. The van der Waals surface area contributed by atoms with Gasteiger partial charge in [0.2, 0.25) is 0 Å². The van der Waals surface area contributed by atoms with Gasteiger partial charge in [-0.3, -0.25) is 0 Å². The average Bonchev–Trinajstić information content (AvgIpc) is 2.54. The van der Waals surface area contributed by atoms with Gasteiger partial charge in [0.1, 0.15) is 18.8 Å². The summed E-state index contributed by atoms with van der Waals surface area (Å²) in [5.74, 6) is 0. The van der Waals surface area contributed by atoms with Crippen LogP contribution in [0.4, 0.5) is 0 Å². The van der Waals surface area contributed by atoms with Crippen LogP contribution in [0.1, 0.15) is 47.1 Å². The summed E-state index contributed by atoms with van der Waals surface area (Å²) in [7, 11) is -1.92. The third kappa shape index (κ3) is 9.06. The van der Waals surface area contributed by atoms with E-state index in [-0.39, 0.29) is 10.6 Å². The van der Waals surface area contributed by atoms with Crippen molar-refractivity contribution in [2.75, 3.05) is 6.61 Å². The van der Waals surface area contributed by atoms with Gasteiger partial charge in [0.15, 0.2) is 8.32 Å². The van der Waals surface area contributed by atoms with Crippen molar-refractivity contribution in [3.8, 4) is 0 Å². The maximum absolute atomic E-state index is 10.6. The summed E-state index contributed by atoms with van der Waals surface area (Å²) < 4.78 is 17.9. The van der Waals surface area contributed by atoms with Crippen LogP contribution in [0.25, 0.3) is 0 Å². The molecule has 1 aromatic carbocycles. The molecular formula is C22H38O4Si. The highest BCUT2D eigenvalue weighted by molar-refractivity contribution is 6.74. The van der Waals surface area contributed by atoms with E-state index in [0.717, 1.165) is 5.56 Å². The van der Waals surface area contributed by atoms with Gasteiger partial charge >= 0.3 is 0 Å². The number of rotatable bonds is 9. The number of benzene rings is 1. The molecule has 0 saturated carbocycles. The monoisotopic (exact) mass is 394 g/mol. The van der Waals surface area contributed by atoms with Gasteiger partial charge in [-0.05, 0) is 50.5 Å². The van der Waals surface area contributed by atoms with Crippen LogP contribution in [0.15, 0.2) is 42.7 Å². The first-order valence-electron chi connectivity index (χ1n) is 9.64. The fraction of sp³-hybridized carbons (Fsp3) is 0.636. The molecule has 1 rings (SSSR count). The van der Waals surface area contributed by atoms with E-state index in [1.54, 1.807) is 12.3 Å². The standard InChI is InChI=1S/C22H38O4Si/c1-21(2,3)26-20(17-25-27(7,8)22(4,5)6)19(23)14-15-24-16-18-12-10-9-11-13-18/h9-15,19-20,23H,16-17H2,1-8H3/t19-,20-/m0/s1. The molecule has 0 saturated heterocycles. The van der Waals surface area contributed by atoms with Gasteiger partial charge in [-0.1, -0.05) is 51.1 Å². The van der Waals surface area contributed by atoms with Crippen LogP contribution in [-0.4, -0.2) is 37.8 Å². The normalized spacial score (nSPS) is 15.7. The molecule has 1 aromatic rings. The minimum atomic E-state index is -1.92. The van der Waals surface area contributed by atoms with Crippen LogP contribution < -0.4 is 0 Å². The number of aliphatic hydroxyl groups is 1. The SMILES string of the molecule is CC(C)(C)O[C@@H](CO[Si](C)(C)C(C)(C)C)[C@@H](O)C=COCc1ccccc1. The summed E-state index contributed by atoms with van der Waals surface area (Å²) in [5, 5.41) is 10.7. The van der Waals surface area contributed by atoms with E-state index in [0.29, 0.717) is 13.2 Å². The summed E-state index contributed by atoms with van der Waals surface area (Å²) >= 11 is 0. The van der Waals surface area contributed by atoms with Crippen molar-refractivity contribution in [3.63, 3.8) is 0 Å². The Kier molecular flexibility index (Phi) is 8.74. The van der Waals surface area contributed by atoms with E-state index in [1.165, 1.54) is 0 Å². The molecule has 0 amide bonds. The van der Waals surface area contributed by atoms with Crippen LogP contribution in [0, 0.1) is 0 Å². The van der Waals surface area contributed by atoms with Crippen molar-refractivity contribution in [3.05, 3.63) is 48.2 Å². The number of hydrogen-bond acceptors (Lipinski definition) is 4. The van der Waals surface area contributed by atoms with Gasteiger partial charge in [0.25, 0.3) is 0 Å². The average molecular weight is 395 g/mol. The Bertz CT molecular complexity index is 570. The second-order valence-electron chi connectivity index (χ2n) is 9.46. The quantitative estimate of drug-likeness (QED) is 0.457. The lowest BCUT2D eigenvalue weighted by Crippen LogP contribution is -2.46. The molecule has 0 spiro atoms. The first kappa shape index (κ1) is 23.9. The van der Waals surface area contributed by atoms with Crippen molar-refractivity contribution in [1.29, 1.82) is 0 Å². The van der Waals surface area contributed by atoms with E-state index >= 15 is 0 Å². The number of ether oxygens (including phenoxy) is 2. The van der Waals surface area contributed by atoms with Gasteiger partial charge in [0.05, 0.1) is 18.5 Å². The van der Waals surface area contributed by atoms with Gasteiger partial charge in [-0.2, -0.15) is 0 Å². The third-order valence-corrected chi connectivity index (χ3v) is 9.27. The Hall–Kier alpha value is -1.14. The Morgan fingerprint density at radius 1 is 1.04 bits per heavy atom. The van der Waals surface area contributed by atoms with Crippen LogP contribution in [0.3, 0.4) is 0 Å². The van der Waals surface area contributed by atoms with E-state index in [1.807, 2.05) is 51.1 Å².